The van der Waals surface area contributed by atoms with Gasteiger partial charge in [0.25, 0.3) is 0 Å². The molecule has 102 valence electrons. The summed E-state index contributed by atoms with van der Waals surface area (Å²) in [7, 11) is 1.86. The van der Waals surface area contributed by atoms with E-state index in [2.05, 4.69) is 10.3 Å². The third-order valence-electron chi connectivity index (χ3n) is 2.72. The van der Waals surface area contributed by atoms with Crippen molar-refractivity contribution in [3.05, 3.63) is 65.7 Å². The minimum Gasteiger partial charge on any atom is -0.366 e. The van der Waals surface area contributed by atoms with Crippen molar-refractivity contribution in [1.82, 2.24) is 5.01 Å². The predicted molar refractivity (Wildman–Crippen MR) is 77.4 cm³/mol. The largest absolute Gasteiger partial charge is 0.366 e. The number of nitrogens with zero attached hydrogens (tertiary/aromatic N) is 3. The zero-order valence-corrected chi connectivity index (χ0v) is 11.2. The molecule has 0 atom stereocenters. The molecule has 0 saturated heterocycles. The molecule has 0 aromatic heterocycles. The van der Waals surface area contributed by atoms with E-state index < -0.39 is 5.91 Å². The fraction of sp³-hybridized carbons (Fsp3) is 0.133. The first-order valence-corrected chi connectivity index (χ1v) is 6.22. The Morgan fingerprint density at radius 3 is 2.35 bits per heavy atom. The lowest BCUT2D eigenvalue weighted by Crippen LogP contribution is -2.10. The third-order valence-corrected chi connectivity index (χ3v) is 2.72. The molecule has 0 saturated carbocycles. The maximum absolute atomic E-state index is 10.9. The van der Waals surface area contributed by atoms with E-state index in [4.69, 9.17) is 5.73 Å². The zero-order valence-electron chi connectivity index (χ0n) is 11.2. The molecule has 1 amide bonds. The molecule has 0 aliphatic carbocycles. The van der Waals surface area contributed by atoms with Crippen LogP contribution in [0.1, 0.15) is 15.9 Å². The molecular weight excluding hydrogens is 252 g/mol. The molecule has 5 heteroatoms. The summed E-state index contributed by atoms with van der Waals surface area (Å²) in [5, 5.41) is 9.96. The van der Waals surface area contributed by atoms with Crippen molar-refractivity contribution in [3.8, 4) is 0 Å². The highest BCUT2D eigenvalue weighted by atomic mass is 16.1. The zero-order chi connectivity index (χ0) is 14.4. The van der Waals surface area contributed by atoms with Gasteiger partial charge in [0.2, 0.25) is 5.91 Å². The predicted octanol–water partition coefficient (Wildman–Crippen LogP) is 2.92. The monoisotopic (exact) mass is 268 g/mol. The normalized spacial score (nSPS) is 10.7. The van der Waals surface area contributed by atoms with Gasteiger partial charge in [-0.05, 0) is 29.8 Å². The van der Waals surface area contributed by atoms with Gasteiger partial charge in [-0.25, -0.2) is 0 Å². The molecule has 2 aromatic carbocycles. The van der Waals surface area contributed by atoms with E-state index >= 15 is 0 Å². The lowest BCUT2D eigenvalue weighted by Gasteiger charge is -2.10. The van der Waals surface area contributed by atoms with Gasteiger partial charge < -0.3 is 5.73 Å². The highest BCUT2D eigenvalue weighted by Crippen LogP contribution is 2.14. The molecule has 0 fully saturated rings. The average molecular weight is 268 g/mol. The van der Waals surface area contributed by atoms with Crippen molar-refractivity contribution in [2.75, 3.05) is 7.05 Å². The van der Waals surface area contributed by atoms with E-state index in [1.807, 2.05) is 37.4 Å². The third kappa shape index (κ3) is 3.91. The topological polar surface area (TPSA) is 71.1 Å². The van der Waals surface area contributed by atoms with Crippen LogP contribution in [0, 0.1) is 0 Å². The van der Waals surface area contributed by atoms with Gasteiger partial charge in [-0.15, -0.1) is 5.11 Å². The molecule has 20 heavy (non-hydrogen) atoms. The number of rotatable bonds is 5. The second-order valence-electron chi connectivity index (χ2n) is 4.40. The van der Waals surface area contributed by atoms with Crippen LogP contribution in [0.4, 0.5) is 5.69 Å². The van der Waals surface area contributed by atoms with Crippen molar-refractivity contribution in [1.29, 1.82) is 0 Å². The highest BCUT2D eigenvalue weighted by Gasteiger charge is 1.99. The van der Waals surface area contributed by atoms with Crippen LogP contribution >= 0.6 is 0 Å². The van der Waals surface area contributed by atoms with Crippen molar-refractivity contribution in [2.24, 2.45) is 16.1 Å². The van der Waals surface area contributed by atoms with Crippen LogP contribution in [0.25, 0.3) is 0 Å². The second-order valence-corrected chi connectivity index (χ2v) is 4.40. The molecule has 0 radical (unpaired) electrons. The molecule has 2 aromatic rings. The Balaban J connectivity index is 1.96. The number of primary amides is 1. The Morgan fingerprint density at radius 2 is 1.75 bits per heavy atom. The maximum atomic E-state index is 10.9. The highest BCUT2D eigenvalue weighted by molar-refractivity contribution is 5.92. The number of carbonyl (C=O) groups is 1. The van der Waals surface area contributed by atoms with Crippen LogP contribution in [-0.4, -0.2) is 18.0 Å². The van der Waals surface area contributed by atoms with Gasteiger partial charge in [0.05, 0.1) is 12.2 Å². The lowest BCUT2D eigenvalue weighted by atomic mass is 10.2. The molecule has 0 bridgehead atoms. The second kappa shape index (κ2) is 6.47. The van der Waals surface area contributed by atoms with Crippen molar-refractivity contribution in [2.45, 2.75) is 6.54 Å². The first kappa shape index (κ1) is 13.7. The van der Waals surface area contributed by atoms with Crippen LogP contribution in [-0.2, 0) is 6.54 Å². The van der Waals surface area contributed by atoms with Gasteiger partial charge in [-0.3, -0.25) is 9.80 Å². The molecule has 5 nitrogen and oxygen atoms in total. The summed E-state index contributed by atoms with van der Waals surface area (Å²) in [6.07, 6.45) is 0. The van der Waals surface area contributed by atoms with E-state index in [-0.39, 0.29) is 0 Å². The fourth-order valence-electron chi connectivity index (χ4n) is 1.70. The first-order valence-electron chi connectivity index (χ1n) is 6.22. The Kier molecular flexibility index (Phi) is 4.44. The van der Waals surface area contributed by atoms with E-state index in [0.29, 0.717) is 17.8 Å². The van der Waals surface area contributed by atoms with Crippen LogP contribution in [0.3, 0.4) is 0 Å². The molecule has 0 aliphatic heterocycles. The van der Waals surface area contributed by atoms with Gasteiger partial charge in [-0.1, -0.05) is 35.6 Å². The Hall–Kier alpha value is -2.69. The number of hydrogen-bond donors (Lipinski definition) is 1. The lowest BCUT2D eigenvalue weighted by molar-refractivity contribution is 0.100. The number of amides is 1. The molecular formula is C15H16N4O. The summed E-state index contributed by atoms with van der Waals surface area (Å²) in [6.45, 7) is 0.684. The molecule has 2 N–H and O–H groups in total. The minimum atomic E-state index is -0.449. The molecule has 0 unspecified atom stereocenters. The molecule has 0 spiro atoms. The van der Waals surface area contributed by atoms with E-state index in [9.17, 15) is 4.79 Å². The van der Waals surface area contributed by atoms with Crippen molar-refractivity contribution in [3.63, 3.8) is 0 Å². The van der Waals surface area contributed by atoms with E-state index in [0.717, 1.165) is 5.56 Å². The summed E-state index contributed by atoms with van der Waals surface area (Å²) in [5.74, 6) is -0.449. The summed E-state index contributed by atoms with van der Waals surface area (Å²) < 4.78 is 0. The van der Waals surface area contributed by atoms with Crippen LogP contribution < -0.4 is 5.73 Å². The SMILES string of the molecule is CN(Cc1ccccc1)N=Nc1ccc(C(N)=O)cc1. The average Bonchev–Trinajstić information content (AvgIpc) is 2.46. The van der Waals surface area contributed by atoms with Gasteiger partial charge in [-0.2, -0.15) is 0 Å². The Labute approximate surface area is 117 Å². The number of carbonyl (C=O) groups excluding carboxylic acids is 1. The van der Waals surface area contributed by atoms with Crippen molar-refractivity contribution < 1.29 is 4.79 Å². The van der Waals surface area contributed by atoms with Crippen molar-refractivity contribution >= 4 is 11.6 Å². The van der Waals surface area contributed by atoms with Crippen LogP contribution in [0.5, 0.6) is 0 Å². The van der Waals surface area contributed by atoms with Gasteiger partial charge in [0.1, 0.15) is 0 Å². The number of hydrogen-bond acceptors (Lipinski definition) is 3. The summed E-state index contributed by atoms with van der Waals surface area (Å²) in [5.41, 5.74) is 7.47. The minimum absolute atomic E-state index is 0.449. The standard InChI is InChI=1S/C15H16N4O/c1-19(11-12-5-3-2-4-6-12)18-17-14-9-7-13(8-10-14)15(16)20/h2-10H,11H2,1H3,(H2,16,20). The Morgan fingerprint density at radius 1 is 1.10 bits per heavy atom. The summed E-state index contributed by atoms with van der Waals surface area (Å²) >= 11 is 0. The van der Waals surface area contributed by atoms with Gasteiger partial charge in [0.15, 0.2) is 0 Å². The molecule has 0 heterocycles. The van der Waals surface area contributed by atoms with Crippen LogP contribution in [0.2, 0.25) is 0 Å². The number of nitrogens with two attached hydrogens (primary N) is 1. The van der Waals surface area contributed by atoms with Crippen LogP contribution in [0.15, 0.2) is 64.9 Å². The first-order chi connectivity index (χ1) is 9.65. The maximum Gasteiger partial charge on any atom is 0.248 e. The van der Waals surface area contributed by atoms with E-state index in [1.54, 1.807) is 29.3 Å². The molecule has 2 rings (SSSR count). The summed E-state index contributed by atoms with van der Waals surface area (Å²) in [4.78, 5) is 10.9. The number of benzene rings is 2. The summed E-state index contributed by atoms with van der Waals surface area (Å²) in [6, 6.07) is 16.7. The fourth-order valence-corrected chi connectivity index (χ4v) is 1.70. The smallest absolute Gasteiger partial charge is 0.248 e. The van der Waals surface area contributed by atoms with E-state index in [1.165, 1.54) is 0 Å². The molecule has 0 aliphatic rings. The van der Waals surface area contributed by atoms with Gasteiger partial charge in [0, 0.05) is 12.6 Å². The Bertz CT molecular complexity index is 593. The van der Waals surface area contributed by atoms with Gasteiger partial charge >= 0.3 is 0 Å². The quantitative estimate of drug-likeness (QED) is 0.669.